The van der Waals surface area contributed by atoms with Gasteiger partial charge in [-0.2, -0.15) is 0 Å². The van der Waals surface area contributed by atoms with Crippen molar-refractivity contribution in [2.45, 2.75) is 19.3 Å². The lowest BCUT2D eigenvalue weighted by atomic mass is 9.80. The first kappa shape index (κ1) is 33.4. The molecule has 10 aromatic carbocycles. The maximum atomic E-state index is 2.48. The Kier molecular flexibility index (Phi) is 7.28. The Morgan fingerprint density at radius 1 is 0.310 bits per heavy atom. The smallest absolute Gasteiger partial charge is 0.0159 e. The number of hydrogen-bond donors (Lipinski definition) is 0. The summed E-state index contributed by atoms with van der Waals surface area (Å²) in [5.74, 6) is 0. The van der Waals surface area contributed by atoms with Gasteiger partial charge in [0.2, 0.25) is 0 Å². The lowest BCUT2D eigenvalue weighted by Crippen LogP contribution is -2.15. The van der Waals surface area contributed by atoms with Crippen LogP contribution < -0.4 is 0 Å². The third kappa shape index (κ3) is 4.76. The van der Waals surface area contributed by atoms with E-state index in [2.05, 4.69) is 214 Å². The third-order valence-corrected chi connectivity index (χ3v) is 15.5. The van der Waals surface area contributed by atoms with Gasteiger partial charge in [-0.15, -0.1) is 0 Å². The molecule has 0 bridgehead atoms. The van der Waals surface area contributed by atoms with Crippen LogP contribution in [0.15, 0.2) is 200 Å². The van der Waals surface area contributed by atoms with Gasteiger partial charge in [-0.1, -0.05) is 203 Å². The molecule has 1 heterocycles. The number of rotatable bonds is 4. The van der Waals surface area contributed by atoms with Crippen LogP contribution in [0.3, 0.4) is 0 Å². The summed E-state index contributed by atoms with van der Waals surface area (Å²) < 4.78 is 0. The zero-order chi connectivity index (χ0) is 38.5. The number of fused-ring (bicyclic) bond motifs is 10. The fourth-order valence-corrected chi connectivity index (χ4v) is 12.9. The van der Waals surface area contributed by atoms with Gasteiger partial charge < -0.3 is 0 Å². The number of hydrogen-bond acceptors (Lipinski definition) is 0. The monoisotopic (exact) mass is 754 g/mol. The number of benzene rings is 10. The average Bonchev–Trinajstić information content (AvgIpc) is 3.73. The Morgan fingerprint density at radius 3 is 1.47 bits per heavy atom. The van der Waals surface area contributed by atoms with E-state index in [4.69, 9.17) is 0 Å². The van der Waals surface area contributed by atoms with Gasteiger partial charge in [0, 0.05) is 15.7 Å². The standard InChI is InChI=1S/C57H39P/c1-57(2)50-26-14-12-25-47(50)56-42-20-7-6-18-40(42)48(35-51(56)57)36-28-30-37(31-29-36)54-43-21-8-10-23-45(43)55(46-24-11-9-22-44(46)54)38-32-33-53-49(34-38)41-19-13-15-27-52(41)58(53)39-16-4-3-5-17-39/h3-35H,1-2H3. The van der Waals surface area contributed by atoms with Crippen molar-refractivity contribution in [3.63, 3.8) is 0 Å². The van der Waals surface area contributed by atoms with Gasteiger partial charge in [-0.25, -0.2) is 0 Å². The zero-order valence-corrected chi connectivity index (χ0v) is 33.4. The third-order valence-electron chi connectivity index (χ3n) is 13.0. The van der Waals surface area contributed by atoms with Crippen LogP contribution in [0.1, 0.15) is 25.0 Å². The van der Waals surface area contributed by atoms with Crippen molar-refractivity contribution in [1.29, 1.82) is 0 Å². The fourth-order valence-electron chi connectivity index (χ4n) is 10.3. The molecule has 1 unspecified atom stereocenters. The predicted molar refractivity (Wildman–Crippen MR) is 252 cm³/mol. The summed E-state index contributed by atoms with van der Waals surface area (Å²) in [5, 5.41) is 14.8. The highest BCUT2D eigenvalue weighted by molar-refractivity contribution is 7.67. The molecular formula is C57H39P. The van der Waals surface area contributed by atoms with Gasteiger partial charge in [0.05, 0.1) is 0 Å². The van der Waals surface area contributed by atoms with E-state index in [1.54, 1.807) is 0 Å². The van der Waals surface area contributed by atoms with Crippen molar-refractivity contribution in [2.75, 3.05) is 0 Å². The molecule has 1 aliphatic rings. The van der Waals surface area contributed by atoms with E-state index in [0.717, 1.165) is 0 Å². The van der Waals surface area contributed by atoms with Crippen LogP contribution in [-0.2, 0) is 5.41 Å². The van der Waals surface area contributed by atoms with Crippen LogP contribution in [0, 0.1) is 0 Å². The molecule has 0 fully saturated rings. The van der Waals surface area contributed by atoms with Crippen LogP contribution in [0.25, 0.3) is 103 Å². The molecule has 1 heteroatoms. The second-order valence-electron chi connectivity index (χ2n) is 16.4. The SMILES string of the molecule is CC1(C)c2ccccc2-c2c1cc(-c1ccc(-c3c4ccccc4c(-c4ccc5c(c4)c4ccccc4p5-c4ccccc4)c4ccccc34)cc1)c1ccccc21. The quantitative estimate of drug-likeness (QED) is 0.157. The molecule has 0 N–H and O–H groups in total. The first-order valence-corrected chi connectivity index (χ1v) is 21.7. The lowest BCUT2D eigenvalue weighted by Gasteiger charge is -2.23. The Hall–Kier alpha value is -6.72. The first-order valence-electron chi connectivity index (χ1n) is 20.4. The summed E-state index contributed by atoms with van der Waals surface area (Å²) in [4.78, 5) is 0. The molecule has 0 saturated carbocycles. The molecular weight excluding hydrogens is 716 g/mol. The van der Waals surface area contributed by atoms with Gasteiger partial charge >= 0.3 is 0 Å². The summed E-state index contributed by atoms with van der Waals surface area (Å²) in [7, 11) is -0.605. The van der Waals surface area contributed by atoms with Crippen LogP contribution >= 0.6 is 7.53 Å². The summed E-state index contributed by atoms with van der Waals surface area (Å²) >= 11 is 0. The van der Waals surface area contributed by atoms with E-state index in [1.807, 2.05) is 0 Å². The van der Waals surface area contributed by atoms with Crippen LogP contribution in [0.5, 0.6) is 0 Å². The maximum absolute atomic E-state index is 2.48. The van der Waals surface area contributed by atoms with E-state index in [-0.39, 0.29) is 5.41 Å². The van der Waals surface area contributed by atoms with Gasteiger partial charge in [-0.05, 0) is 122 Å². The van der Waals surface area contributed by atoms with E-state index in [0.29, 0.717) is 0 Å². The highest BCUT2D eigenvalue weighted by atomic mass is 31.1. The van der Waals surface area contributed by atoms with E-state index < -0.39 is 7.53 Å². The Labute approximate surface area is 339 Å². The van der Waals surface area contributed by atoms with Crippen molar-refractivity contribution in [2.24, 2.45) is 0 Å². The molecule has 11 aromatic rings. The van der Waals surface area contributed by atoms with Crippen molar-refractivity contribution in [3.05, 3.63) is 211 Å². The van der Waals surface area contributed by atoms with Gasteiger partial charge in [0.15, 0.2) is 0 Å². The van der Waals surface area contributed by atoms with Crippen LogP contribution in [-0.4, -0.2) is 0 Å². The van der Waals surface area contributed by atoms with Crippen LogP contribution in [0.2, 0.25) is 0 Å². The highest BCUT2D eigenvalue weighted by Gasteiger charge is 2.37. The molecule has 1 atom stereocenters. The molecule has 58 heavy (non-hydrogen) atoms. The van der Waals surface area contributed by atoms with E-state index in [9.17, 15) is 0 Å². The lowest BCUT2D eigenvalue weighted by molar-refractivity contribution is 0.661. The topological polar surface area (TPSA) is 0 Å². The Bertz CT molecular complexity index is 3400. The van der Waals surface area contributed by atoms with Gasteiger partial charge in [0.25, 0.3) is 0 Å². The molecule has 0 saturated heterocycles. The minimum absolute atomic E-state index is 0.0725. The van der Waals surface area contributed by atoms with Crippen LogP contribution in [0.4, 0.5) is 0 Å². The van der Waals surface area contributed by atoms with Gasteiger partial charge in [-0.3, -0.25) is 0 Å². The maximum Gasteiger partial charge on any atom is 0.0159 e. The fraction of sp³-hybridized carbons (Fsp3) is 0.0526. The molecule has 0 aliphatic heterocycles. The average molecular weight is 755 g/mol. The summed E-state index contributed by atoms with van der Waals surface area (Å²) in [6.45, 7) is 4.76. The van der Waals surface area contributed by atoms with Crippen molar-refractivity contribution >= 4 is 60.9 Å². The summed E-state index contributed by atoms with van der Waals surface area (Å²) in [6, 6.07) is 75.3. The van der Waals surface area contributed by atoms with Crippen molar-refractivity contribution in [3.8, 4) is 49.8 Å². The van der Waals surface area contributed by atoms with Crippen molar-refractivity contribution < 1.29 is 0 Å². The molecule has 0 radical (unpaired) electrons. The molecule has 1 aromatic heterocycles. The zero-order valence-electron chi connectivity index (χ0n) is 32.5. The van der Waals surface area contributed by atoms with E-state index in [1.165, 1.54) is 114 Å². The molecule has 0 nitrogen and oxygen atoms in total. The highest BCUT2D eigenvalue weighted by Crippen LogP contribution is 2.57. The Balaban J connectivity index is 1.04. The predicted octanol–water partition coefficient (Wildman–Crippen LogP) is 16.7. The molecule has 1 aliphatic carbocycles. The second kappa shape index (κ2) is 12.6. The minimum Gasteiger partial charge on any atom is -0.0772 e. The minimum atomic E-state index is -0.605. The molecule has 272 valence electrons. The summed E-state index contributed by atoms with van der Waals surface area (Å²) in [6.07, 6.45) is 0. The largest absolute Gasteiger partial charge is 0.0772 e. The normalized spacial score (nSPS) is 13.4. The molecule has 0 amide bonds. The molecule has 0 spiro atoms. The van der Waals surface area contributed by atoms with Gasteiger partial charge in [0.1, 0.15) is 0 Å². The van der Waals surface area contributed by atoms with E-state index >= 15 is 0 Å². The van der Waals surface area contributed by atoms with Crippen molar-refractivity contribution in [1.82, 2.24) is 0 Å². The Morgan fingerprint density at radius 2 is 0.793 bits per heavy atom. The second-order valence-corrected chi connectivity index (χ2v) is 18.6. The summed E-state index contributed by atoms with van der Waals surface area (Å²) in [5.41, 5.74) is 13.1. The first-order chi connectivity index (χ1) is 28.6. The molecule has 12 rings (SSSR count).